The molecule has 1 aliphatic rings. The average Bonchev–Trinajstić information content (AvgIpc) is 2.71. The van der Waals surface area contributed by atoms with E-state index in [4.69, 9.17) is 0 Å². The number of nitrogens with one attached hydrogen (secondary N) is 1. The molecule has 0 radical (unpaired) electrons. The van der Waals surface area contributed by atoms with E-state index in [1.807, 2.05) is 0 Å². The van der Waals surface area contributed by atoms with E-state index in [0.29, 0.717) is 18.7 Å². The predicted octanol–water partition coefficient (Wildman–Crippen LogP) is 1.72. The summed E-state index contributed by atoms with van der Waals surface area (Å²) in [6, 6.07) is 0.859. The number of anilines is 1. The van der Waals surface area contributed by atoms with Gasteiger partial charge in [-0.2, -0.15) is 0 Å². The summed E-state index contributed by atoms with van der Waals surface area (Å²) in [5, 5.41) is 2.84. The zero-order valence-electron chi connectivity index (χ0n) is 8.06. The molecule has 1 heterocycles. The molecule has 0 aliphatic carbocycles. The molecule has 0 unspecified atom stereocenters. The van der Waals surface area contributed by atoms with E-state index in [0.717, 1.165) is 6.07 Å². The SMILES string of the molecule is COC(=O)c1cc(F)c(F)c2c1NCC2. The fraction of sp³-hybridized carbons (Fsp3) is 0.300. The van der Waals surface area contributed by atoms with Gasteiger partial charge >= 0.3 is 5.97 Å². The Kier molecular flexibility index (Phi) is 2.30. The zero-order chi connectivity index (χ0) is 11.0. The molecule has 15 heavy (non-hydrogen) atoms. The molecule has 0 saturated carbocycles. The van der Waals surface area contributed by atoms with Crippen LogP contribution < -0.4 is 5.32 Å². The Labute approximate surface area is 85.0 Å². The van der Waals surface area contributed by atoms with Gasteiger partial charge in [-0.3, -0.25) is 0 Å². The van der Waals surface area contributed by atoms with Crippen LogP contribution in [0.4, 0.5) is 14.5 Å². The summed E-state index contributed by atoms with van der Waals surface area (Å²) < 4.78 is 30.9. The Balaban J connectivity index is 2.62. The smallest absolute Gasteiger partial charge is 0.340 e. The van der Waals surface area contributed by atoms with Crippen molar-refractivity contribution in [3.8, 4) is 0 Å². The van der Waals surface area contributed by atoms with E-state index in [-0.39, 0.29) is 11.1 Å². The fourth-order valence-electron chi connectivity index (χ4n) is 1.70. The Hall–Kier alpha value is -1.65. The monoisotopic (exact) mass is 213 g/mol. The van der Waals surface area contributed by atoms with Crippen LogP contribution in [0, 0.1) is 11.6 Å². The van der Waals surface area contributed by atoms with Crippen LogP contribution in [0.1, 0.15) is 15.9 Å². The van der Waals surface area contributed by atoms with Crippen LogP contribution in [0.15, 0.2) is 6.07 Å². The third-order valence-electron chi connectivity index (χ3n) is 2.40. The van der Waals surface area contributed by atoms with Gasteiger partial charge in [0.05, 0.1) is 18.4 Å². The van der Waals surface area contributed by atoms with Crippen LogP contribution in [0.2, 0.25) is 0 Å². The molecule has 0 spiro atoms. The van der Waals surface area contributed by atoms with Crippen molar-refractivity contribution < 1.29 is 18.3 Å². The van der Waals surface area contributed by atoms with Crippen molar-refractivity contribution in [3.05, 3.63) is 28.8 Å². The first-order valence-corrected chi connectivity index (χ1v) is 4.48. The number of benzene rings is 1. The molecule has 2 rings (SSSR count). The topological polar surface area (TPSA) is 38.3 Å². The first-order valence-electron chi connectivity index (χ1n) is 4.48. The molecule has 1 aliphatic heterocycles. The Bertz CT molecular complexity index is 432. The van der Waals surface area contributed by atoms with Crippen molar-refractivity contribution in [1.29, 1.82) is 0 Å². The molecule has 3 nitrogen and oxygen atoms in total. The Morgan fingerprint density at radius 3 is 2.93 bits per heavy atom. The van der Waals surface area contributed by atoms with Gasteiger partial charge < -0.3 is 10.1 Å². The Morgan fingerprint density at radius 2 is 2.27 bits per heavy atom. The highest BCUT2D eigenvalue weighted by molar-refractivity contribution is 5.97. The van der Waals surface area contributed by atoms with Gasteiger partial charge in [0.2, 0.25) is 0 Å². The lowest BCUT2D eigenvalue weighted by Gasteiger charge is -2.08. The van der Waals surface area contributed by atoms with E-state index < -0.39 is 17.6 Å². The molecule has 0 amide bonds. The van der Waals surface area contributed by atoms with E-state index in [1.165, 1.54) is 7.11 Å². The van der Waals surface area contributed by atoms with Crippen molar-refractivity contribution in [2.75, 3.05) is 19.0 Å². The summed E-state index contributed by atoms with van der Waals surface area (Å²) in [7, 11) is 1.20. The van der Waals surface area contributed by atoms with Gasteiger partial charge in [-0.25, -0.2) is 13.6 Å². The van der Waals surface area contributed by atoms with Gasteiger partial charge in [-0.1, -0.05) is 0 Å². The molecule has 0 saturated heterocycles. The van der Waals surface area contributed by atoms with Crippen LogP contribution in [0.25, 0.3) is 0 Å². The van der Waals surface area contributed by atoms with Crippen molar-refractivity contribution in [2.45, 2.75) is 6.42 Å². The first-order chi connectivity index (χ1) is 7.15. The lowest BCUT2D eigenvalue weighted by atomic mass is 10.1. The Morgan fingerprint density at radius 1 is 1.53 bits per heavy atom. The predicted molar refractivity (Wildman–Crippen MR) is 49.9 cm³/mol. The van der Waals surface area contributed by atoms with Crippen LogP contribution in [0.5, 0.6) is 0 Å². The van der Waals surface area contributed by atoms with E-state index >= 15 is 0 Å². The molecular formula is C10H9F2NO2. The number of esters is 1. The average molecular weight is 213 g/mol. The highest BCUT2D eigenvalue weighted by Gasteiger charge is 2.25. The van der Waals surface area contributed by atoms with Crippen molar-refractivity contribution in [2.24, 2.45) is 0 Å². The molecule has 0 bridgehead atoms. The van der Waals surface area contributed by atoms with Gasteiger partial charge in [0.1, 0.15) is 0 Å². The molecular weight excluding hydrogens is 204 g/mol. The number of carbonyl (C=O) groups is 1. The van der Waals surface area contributed by atoms with Crippen LogP contribution in [-0.4, -0.2) is 19.6 Å². The highest BCUT2D eigenvalue weighted by Crippen LogP contribution is 2.31. The molecule has 80 valence electrons. The first kappa shape index (κ1) is 9.89. The molecule has 0 fully saturated rings. The summed E-state index contributed by atoms with van der Waals surface area (Å²) >= 11 is 0. The van der Waals surface area contributed by atoms with E-state index in [9.17, 15) is 13.6 Å². The summed E-state index contributed by atoms with van der Waals surface area (Å²) in [4.78, 5) is 11.3. The maximum atomic E-state index is 13.3. The van der Waals surface area contributed by atoms with Gasteiger partial charge in [0, 0.05) is 12.1 Å². The van der Waals surface area contributed by atoms with Crippen molar-refractivity contribution >= 4 is 11.7 Å². The second-order valence-corrected chi connectivity index (χ2v) is 3.24. The number of hydrogen-bond acceptors (Lipinski definition) is 3. The fourth-order valence-corrected chi connectivity index (χ4v) is 1.70. The van der Waals surface area contributed by atoms with Gasteiger partial charge in [-0.15, -0.1) is 0 Å². The van der Waals surface area contributed by atoms with Crippen LogP contribution in [-0.2, 0) is 11.2 Å². The normalized spacial score (nSPS) is 13.3. The van der Waals surface area contributed by atoms with Crippen LogP contribution in [0.3, 0.4) is 0 Å². The van der Waals surface area contributed by atoms with Gasteiger partial charge in [0.25, 0.3) is 0 Å². The molecule has 0 atom stereocenters. The third kappa shape index (κ3) is 1.44. The van der Waals surface area contributed by atoms with E-state index in [1.54, 1.807) is 0 Å². The minimum Gasteiger partial charge on any atom is -0.465 e. The minimum absolute atomic E-state index is 0.0453. The number of rotatable bonds is 1. The summed E-state index contributed by atoms with van der Waals surface area (Å²) in [6.07, 6.45) is 0.378. The molecule has 5 heteroatoms. The second kappa shape index (κ2) is 3.49. The lowest BCUT2D eigenvalue weighted by Crippen LogP contribution is -2.07. The number of ether oxygens (including phenoxy) is 1. The van der Waals surface area contributed by atoms with E-state index in [2.05, 4.69) is 10.1 Å². The maximum absolute atomic E-state index is 13.3. The minimum atomic E-state index is -1.02. The number of methoxy groups -OCH3 is 1. The standard InChI is InChI=1S/C10H9F2NO2/c1-15-10(14)6-4-7(11)8(12)5-2-3-13-9(5)6/h4,13H,2-3H2,1H3. The number of hydrogen-bond donors (Lipinski definition) is 1. The van der Waals surface area contributed by atoms with Gasteiger partial charge in [0.15, 0.2) is 11.6 Å². The number of halogens is 2. The third-order valence-corrected chi connectivity index (χ3v) is 2.40. The molecule has 1 aromatic rings. The summed E-state index contributed by atoms with van der Waals surface area (Å²) in [5.41, 5.74) is 0.611. The highest BCUT2D eigenvalue weighted by atomic mass is 19.2. The number of carbonyl (C=O) groups excluding carboxylic acids is 1. The lowest BCUT2D eigenvalue weighted by molar-refractivity contribution is 0.0601. The van der Waals surface area contributed by atoms with Gasteiger partial charge in [-0.05, 0) is 12.5 Å². The number of fused-ring (bicyclic) bond motifs is 1. The van der Waals surface area contributed by atoms with Crippen molar-refractivity contribution in [3.63, 3.8) is 0 Å². The zero-order valence-corrected chi connectivity index (χ0v) is 8.06. The van der Waals surface area contributed by atoms with Crippen LogP contribution >= 0.6 is 0 Å². The second-order valence-electron chi connectivity index (χ2n) is 3.24. The maximum Gasteiger partial charge on any atom is 0.340 e. The quantitative estimate of drug-likeness (QED) is 0.722. The summed E-state index contributed by atoms with van der Waals surface area (Å²) in [6.45, 7) is 0.500. The molecule has 0 aromatic heterocycles. The summed E-state index contributed by atoms with van der Waals surface area (Å²) in [5.74, 6) is -2.57. The van der Waals surface area contributed by atoms with Crippen molar-refractivity contribution in [1.82, 2.24) is 0 Å². The molecule has 1 N–H and O–H groups in total. The molecule has 1 aromatic carbocycles. The largest absolute Gasteiger partial charge is 0.465 e.